The number of hydrogen-bond donors (Lipinski definition) is 0. The van der Waals surface area contributed by atoms with Gasteiger partial charge in [0.1, 0.15) is 0 Å². The van der Waals surface area contributed by atoms with Gasteiger partial charge in [-0.2, -0.15) is 0 Å². The minimum Gasteiger partial charge on any atom is -0.257 e. The van der Waals surface area contributed by atoms with Gasteiger partial charge < -0.3 is 0 Å². The topological polar surface area (TPSA) is 24.7 Å². The lowest BCUT2D eigenvalue weighted by atomic mass is 9.85. The van der Waals surface area contributed by atoms with Crippen molar-refractivity contribution in [1.82, 2.24) is 0 Å². The molecule has 1 aliphatic rings. The lowest BCUT2D eigenvalue weighted by molar-refractivity contribution is 0.769. The van der Waals surface area contributed by atoms with E-state index in [4.69, 9.17) is 9.98 Å². The Bertz CT molecular complexity index is 905. The van der Waals surface area contributed by atoms with Crippen LogP contribution in [-0.4, -0.2) is 11.4 Å². The maximum absolute atomic E-state index is 5.07. The van der Waals surface area contributed by atoms with Crippen molar-refractivity contribution in [1.29, 1.82) is 0 Å². The first-order chi connectivity index (χ1) is 14.5. The molecule has 2 rings (SSSR count). The second-order valence-corrected chi connectivity index (χ2v) is 9.87. The Hall–Kier alpha value is -2.22. The summed E-state index contributed by atoms with van der Waals surface area (Å²) in [7, 11) is 0. The lowest BCUT2D eigenvalue weighted by Crippen LogP contribution is -2.16. The van der Waals surface area contributed by atoms with Crippen LogP contribution in [0.1, 0.15) is 92.2 Å². The molecule has 0 aliphatic heterocycles. The molecule has 31 heavy (non-hydrogen) atoms. The molecule has 0 amide bonds. The monoisotopic (exact) mass is 417 g/mol. The first-order valence-corrected chi connectivity index (χ1v) is 11.7. The molecule has 0 saturated heterocycles. The summed E-state index contributed by atoms with van der Waals surface area (Å²) in [6, 6.07) is 6.57. The van der Waals surface area contributed by atoms with Crippen molar-refractivity contribution in [2.75, 3.05) is 0 Å². The van der Waals surface area contributed by atoms with Gasteiger partial charge in [0, 0.05) is 17.8 Å². The fourth-order valence-electron chi connectivity index (χ4n) is 3.88. The number of benzene rings is 1. The van der Waals surface area contributed by atoms with Gasteiger partial charge >= 0.3 is 0 Å². The molecule has 0 atom stereocenters. The van der Waals surface area contributed by atoms with E-state index in [1.165, 1.54) is 22.3 Å². The molecule has 0 heterocycles. The maximum atomic E-state index is 5.07. The van der Waals surface area contributed by atoms with Crippen LogP contribution in [0.25, 0.3) is 0 Å². The number of rotatable bonds is 7. The number of nitrogens with zero attached hydrogens (tertiary/aromatic N) is 2. The van der Waals surface area contributed by atoms with E-state index in [-0.39, 0.29) is 0 Å². The van der Waals surface area contributed by atoms with E-state index in [1.54, 1.807) is 0 Å². The zero-order valence-electron chi connectivity index (χ0n) is 21.2. The highest BCUT2D eigenvalue weighted by Crippen LogP contribution is 2.35. The van der Waals surface area contributed by atoms with Crippen LogP contribution in [0.2, 0.25) is 0 Å². The quantitative estimate of drug-likeness (QED) is 0.396. The van der Waals surface area contributed by atoms with Crippen molar-refractivity contribution < 1.29 is 0 Å². The standard InChI is InChI=1S/C29H41N2/c1-18(2)24-14-15-25(19(3)4)28(17-24)30-22(9)16-23(10)31-29-26(20(5)6)12-11-13-27(29)21(7)8/h11-21H,1-10H3/b22-16+,30-28?,31-23?. The number of hydrogen-bond acceptors (Lipinski definition) is 2. The predicted octanol–water partition coefficient (Wildman–Crippen LogP) is 8.75. The fraction of sp³-hybridized carbons (Fsp3) is 0.483. The van der Waals surface area contributed by atoms with Gasteiger partial charge in [0.25, 0.3) is 0 Å². The van der Waals surface area contributed by atoms with Crippen LogP contribution >= 0.6 is 0 Å². The molecule has 0 bridgehead atoms. The van der Waals surface area contributed by atoms with E-state index >= 15 is 0 Å². The number of para-hydroxylation sites is 1. The first-order valence-electron chi connectivity index (χ1n) is 11.7. The van der Waals surface area contributed by atoms with Gasteiger partial charge in [0.15, 0.2) is 0 Å². The highest BCUT2D eigenvalue weighted by Gasteiger charge is 2.19. The summed E-state index contributed by atoms with van der Waals surface area (Å²) in [6.45, 7) is 22.0. The Morgan fingerprint density at radius 3 is 1.84 bits per heavy atom. The molecule has 1 aliphatic carbocycles. The van der Waals surface area contributed by atoms with E-state index in [9.17, 15) is 0 Å². The first kappa shape index (κ1) is 25.0. The highest BCUT2D eigenvalue weighted by molar-refractivity contribution is 6.10. The normalized spacial score (nSPS) is 17.3. The van der Waals surface area contributed by atoms with E-state index in [1.807, 2.05) is 0 Å². The Morgan fingerprint density at radius 2 is 1.35 bits per heavy atom. The van der Waals surface area contributed by atoms with Gasteiger partial charge in [-0.25, -0.2) is 0 Å². The molecule has 2 nitrogen and oxygen atoms in total. The average molecular weight is 418 g/mol. The molecule has 0 spiro atoms. The molecule has 0 saturated carbocycles. The molecule has 2 heteroatoms. The molecular weight excluding hydrogens is 376 g/mol. The van der Waals surface area contributed by atoms with Gasteiger partial charge in [-0.05, 0) is 60.3 Å². The van der Waals surface area contributed by atoms with Crippen molar-refractivity contribution in [2.45, 2.75) is 81.1 Å². The van der Waals surface area contributed by atoms with Crippen LogP contribution < -0.4 is 0 Å². The minimum atomic E-state index is 0.437. The molecule has 0 unspecified atom stereocenters. The third-order valence-corrected chi connectivity index (χ3v) is 5.69. The molecule has 1 aromatic rings. The number of aliphatic imine (C=N–C) groups is 2. The average Bonchev–Trinajstić information content (AvgIpc) is 2.67. The summed E-state index contributed by atoms with van der Waals surface area (Å²) >= 11 is 0. The van der Waals surface area contributed by atoms with Crippen molar-refractivity contribution in [3.63, 3.8) is 0 Å². The Labute approximate surface area is 191 Å². The zero-order chi connectivity index (χ0) is 23.3. The third-order valence-electron chi connectivity index (χ3n) is 5.69. The van der Waals surface area contributed by atoms with Crippen LogP contribution in [-0.2, 0) is 0 Å². The van der Waals surface area contributed by atoms with Crippen LogP contribution in [0.4, 0.5) is 5.69 Å². The molecule has 0 aromatic heterocycles. The molecule has 1 radical (unpaired) electrons. The zero-order valence-corrected chi connectivity index (χ0v) is 21.2. The molecule has 0 fully saturated rings. The highest BCUT2D eigenvalue weighted by atomic mass is 14.8. The Kier molecular flexibility index (Phi) is 8.79. The lowest BCUT2D eigenvalue weighted by Gasteiger charge is -2.21. The molecule has 1 aromatic carbocycles. The van der Waals surface area contributed by atoms with Crippen molar-refractivity contribution >= 4 is 17.1 Å². The number of allylic oxidation sites excluding steroid dienone is 6. The van der Waals surface area contributed by atoms with Crippen LogP contribution in [0.15, 0.2) is 63.3 Å². The Balaban J connectivity index is 2.43. The van der Waals surface area contributed by atoms with E-state index in [0.29, 0.717) is 23.7 Å². The SMILES string of the molecule is CC(/C=C(\C)N=C1[CH]C(C(C)C)=CC=C1C(C)C)=Nc1c(C(C)C)cccc1C(C)C. The maximum Gasteiger partial charge on any atom is 0.0701 e. The summed E-state index contributed by atoms with van der Waals surface area (Å²) in [5.74, 6) is 1.80. The van der Waals surface area contributed by atoms with Crippen molar-refractivity contribution in [3.05, 3.63) is 70.8 Å². The molecule has 0 N–H and O–H groups in total. The summed E-state index contributed by atoms with van der Waals surface area (Å²) < 4.78 is 0. The van der Waals surface area contributed by atoms with Gasteiger partial charge in [-0.3, -0.25) is 9.98 Å². The van der Waals surface area contributed by atoms with Gasteiger partial charge in [-0.1, -0.05) is 91.3 Å². The van der Waals surface area contributed by atoms with Gasteiger partial charge in [0.05, 0.1) is 11.4 Å². The summed E-state index contributed by atoms with van der Waals surface area (Å²) in [5.41, 5.74) is 9.40. The minimum absolute atomic E-state index is 0.437. The van der Waals surface area contributed by atoms with Crippen LogP contribution in [0.3, 0.4) is 0 Å². The van der Waals surface area contributed by atoms with Crippen LogP contribution in [0, 0.1) is 18.3 Å². The predicted molar refractivity (Wildman–Crippen MR) is 139 cm³/mol. The molecule has 167 valence electrons. The van der Waals surface area contributed by atoms with E-state index in [2.05, 4.69) is 112 Å². The summed E-state index contributed by atoms with van der Waals surface area (Å²) in [5, 5.41) is 0. The smallest absolute Gasteiger partial charge is 0.0701 e. The Morgan fingerprint density at radius 1 is 0.774 bits per heavy atom. The second kappa shape index (κ2) is 10.9. The second-order valence-electron chi connectivity index (χ2n) is 9.87. The van der Waals surface area contributed by atoms with Crippen molar-refractivity contribution in [3.8, 4) is 0 Å². The van der Waals surface area contributed by atoms with Gasteiger partial charge in [-0.15, -0.1) is 0 Å². The van der Waals surface area contributed by atoms with Crippen molar-refractivity contribution in [2.24, 2.45) is 21.8 Å². The largest absolute Gasteiger partial charge is 0.257 e. The fourth-order valence-corrected chi connectivity index (χ4v) is 3.88. The molecular formula is C29H41N2. The summed E-state index contributed by atoms with van der Waals surface area (Å²) in [6.07, 6.45) is 8.82. The van der Waals surface area contributed by atoms with Gasteiger partial charge in [0.2, 0.25) is 0 Å². The van der Waals surface area contributed by atoms with E-state index < -0.39 is 0 Å². The van der Waals surface area contributed by atoms with E-state index in [0.717, 1.165) is 22.8 Å². The van der Waals surface area contributed by atoms with Crippen LogP contribution in [0.5, 0.6) is 0 Å². The third kappa shape index (κ3) is 6.63. The summed E-state index contributed by atoms with van der Waals surface area (Å²) in [4.78, 5) is 10.1.